The number of nitrogens with one attached hydrogen (secondary N) is 2. The van der Waals surface area contributed by atoms with Gasteiger partial charge in [-0.25, -0.2) is 17.5 Å². The average molecular weight is 297 g/mol. The summed E-state index contributed by atoms with van der Waals surface area (Å²) in [4.78, 5) is 10.8. The van der Waals surface area contributed by atoms with Gasteiger partial charge in [-0.3, -0.25) is 4.79 Å². The van der Waals surface area contributed by atoms with Crippen LogP contribution in [0.1, 0.15) is 18.4 Å². The molecule has 8 heteroatoms. The summed E-state index contributed by atoms with van der Waals surface area (Å²) in [6, 6.07) is 4.35. The van der Waals surface area contributed by atoms with Gasteiger partial charge < -0.3 is 5.32 Å². The van der Waals surface area contributed by atoms with Crippen LogP contribution >= 0.6 is 0 Å². The van der Waals surface area contributed by atoms with Gasteiger partial charge in [0.2, 0.25) is 15.9 Å². The van der Waals surface area contributed by atoms with Gasteiger partial charge in [0, 0.05) is 19.0 Å². The number of nitriles is 1. The minimum absolute atomic E-state index is 0.0628. The first-order chi connectivity index (χ1) is 9.42. The molecule has 0 aliphatic carbocycles. The first kappa shape index (κ1) is 14.4. The van der Waals surface area contributed by atoms with E-state index < -0.39 is 15.8 Å². The minimum Gasteiger partial charge on any atom is -0.352 e. The van der Waals surface area contributed by atoms with E-state index in [1.54, 1.807) is 6.07 Å². The summed E-state index contributed by atoms with van der Waals surface area (Å²) < 4.78 is 39.5. The third-order valence-corrected chi connectivity index (χ3v) is 4.39. The molecule has 1 aliphatic rings. The molecule has 0 aromatic heterocycles. The van der Waals surface area contributed by atoms with Crippen molar-refractivity contribution < 1.29 is 17.6 Å². The van der Waals surface area contributed by atoms with E-state index in [9.17, 15) is 17.6 Å². The highest BCUT2D eigenvalue weighted by molar-refractivity contribution is 7.89. The van der Waals surface area contributed by atoms with E-state index in [-0.39, 0.29) is 29.0 Å². The Balaban J connectivity index is 2.10. The molecule has 2 N–H and O–H groups in total. The molecule has 1 saturated heterocycles. The van der Waals surface area contributed by atoms with Crippen LogP contribution < -0.4 is 10.0 Å². The molecule has 1 aromatic carbocycles. The highest BCUT2D eigenvalue weighted by Crippen LogP contribution is 2.15. The molecule has 6 nitrogen and oxygen atoms in total. The molecule has 0 bridgehead atoms. The number of rotatable bonds is 4. The molecule has 1 aliphatic heterocycles. The van der Waals surface area contributed by atoms with Crippen LogP contribution in [0.3, 0.4) is 0 Å². The summed E-state index contributed by atoms with van der Waals surface area (Å²) in [7, 11) is -3.83. The molecule has 20 heavy (non-hydrogen) atoms. The maximum Gasteiger partial charge on any atom is 0.240 e. The van der Waals surface area contributed by atoms with E-state index in [0.29, 0.717) is 12.8 Å². The third-order valence-electron chi connectivity index (χ3n) is 2.97. The van der Waals surface area contributed by atoms with Gasteiger partial charge >= 0.3 is 0 Å². The Hall–Kier alpha value is -1.98. The predicted octanol–water partition coefficient (Wildman–Crippen LogP) is 0.254. The van der Waals surface area contributed by atoms with Crippen molar-refractivity contribution in [1.82, 2.24) is 10.0 Å². The monoisotopic (exact) mass is 297 g/mol. The topological polar surface area (TPSA) is 99.1 Å². The van der Waals surface area contributed by atoms with E-state index in [1.807, 2.05) is 0 Å². The lowest BCUT2D eigenvalue weighted by molar-refractivity contribution is -0.119. The Morgan fingerprint density at radius 1 is 1.50 bits per heavy atom. The summed E-state index contributed by atoms with van der Waals surface area (Å²) in [5, 5.41) is 11.3. The molecular weight excluding hydrogens is 285 g/mol. The quantitative estimate of drug-likeness (QED) is 0.832. The first-order valence-electron chi connectivity index (χ1n) is 5.91. The third kappa shape index (κ3) is 3.12. The maximum atomic E-state index is 13.1. The molecule has 1 amide bonds. The van der Waals surface area contributed by atoms with E-state index in [4.69, 9.17) is 5.26 Å². The van der Waals surface area contributed by atoms with Crippen molar-refractivity contribution in [2.75, 3.05) is 6.54 Å². The SMILES string of the molecule is N#Cc1cc(S(=O)(=O)NCC2CCC(=O)N2)ccc1F. The number of carbonyl (C=O) groups is 1. The summed E-state index contributed by atoms with van der Waals surface area (Å²) in [6.07, 6.45) is 0.940. The molecule has 0 saturated carbocycles. The summed E-state index contributed by atoms with van der Waals surface area (Å²) in [5.74, 6) is -0.878. The zero-order valence-corrected chi connectivity index (χ0v) is 11.2. The van der Waals surface area contributed by atoms with Gasteiger partial charge in [-0.1, -0.05) is 0 Å². The standard InChI is InChI=1S/C12H12FN3O3S/c13-11-3-2-10(5-8(11)6-14)20(18,19)15-7-9-1-4-12(17)16-9/h2-3,5,9,15H,1,4,7H2,(H,16,17). The molecule has 106 valence electrons. The molecule has 1 atom stereocenters. The molecule has 0 radical (unpaired) electrons. The fourth-order valence-electron chi connectivity index (χ4n) is 1.88. The fourth-order valence-corrected chi connectivity index (χ4v) is 2.99. The van der Waals surface area contributed by atoms with Gasteiger partial charge in [-0.05, 0) is 24.6 Å². The van der Waals surface area contributed by atoms with Crippen molar-refractivity contribution in [3.63, 3.8) is 0 Å². The number of sulfonamides is 1. The van der Waals surface area contributed by atoms with Crippen LogP contribution in [0.2, 0.25) is 0 Å². The highest BCUT2D eigenvalue weighted by atomic mass is 32.2. The lowest BCUT2D eigenvalue weighted by Crippen LogP contribution is -2.38. The van der Waals surface area contributed by atoms with Crippen molar-refractivity contribution in [3.8, 4) is 6.07 Å². The van der Waals surface area contributed by atoms with Crippen molar-refractivity contribution >= 4 is 15.9 Å². The van der Waals surface area contributed by atoms with Crippen LogP contribution in [-0.4, -0.2) is 26.9 Å². The molecule has 1 aromatic rings. The number of benzene rings is 1. The number of hydrogen-bond acceptors (Lipinski definition) is 4. The lowest BCUT2D eigenvalue weighted by Gasteiger charge is -2.12. The van der Waals surface area contributed by atoms with E-state index in [0.717, 1.165) is 18.2 Å². The zero-order chi connectivity index (χ0) is 14.8. The summed E-state index contributed by atoms with van der Waals surface area (Å²) in [5.41, 5.74) is -0.331. The second-order valence-corrected chi connectivity index (χ2v) is 6.18. The normalized spacial score (nSPS) is 18.6. The van der Waals surface area contributed by atoms with Gasteiger partial charge in [0.1, 0.15) is 11.9 Å². The van der Waals surface area contributed by atoms with E-state index in [2.05, 4.69) is 10.0 Å². The van der Waals surface area contributed by atoms with Crippen LogP contribution in [0.25, 0.3) is 0 Å². The highest BCUT2D eigenvalue weighted by Gasteiger charge is 2.23. The van der Waals surface area contributed by atoms with Gasteiger partial charge in [0.25, 0.3) is 0 Å². The van der Waals surface area contributed by atoms with Crippen molar-refractivity contribution in [1.29, 1.82) is 5.26 Å². The predicted molar refractivity (Wildman–Crippen MR) is 67.5 cm³/mol. The first-order valence-corrected chi connectivity index (χ1v) is 7.39. The molecule has 0 spiro atoms. The smallest absolute Gasteiger partial charge is 0.240 e. The van der Waals surface area contributed by atoms with Crippen LogP contribution in [0.4, 0.5) is 4.39 Å². The second-order valence-electron chi connectivity index (χ2n) is 4.41. The largest absolute Gasteiger partial charge is 0.352 e. The summed E-state index contributed by atoms with van der Waals surface area (Å²) >= 11 is 0. The lowest BCUT2D eigenvalue weighted by atomic mass is 10.2. The molecular formula is C12H12FN3O3S. The molecule has 2 rings (SSSR count). The summed E-state index contributed by atoms with van der Waals surface area (Å²) in [6.45, 7) is 0.0628. The van der Waals surface area contributed by atoms with Gasteiger partial charge in [0.15, 0.2) is 0 Å². The van der Waals surface area contributed by atoms with Crippen molar-refractivity contribution in [2.24, 2.45) is 0 Å². The Morgan fingerprint density at radius 3 is 2.85 bits per heavy atom. The number of halogens is 1. The average Bonchev–Trinajstić information content (AvgIpc) is 2.83. The van der Waals surface area contributed by atoms with Crippen molar-refractivity contribution in [3.05, 3.63) is 29.6 Å². The molecule has 1 heterocycles. The van der Waals surface area contributed by atoms with Gasteiger partial charge in [-0.15, -0.1) is 0 Å². The minimum atomic E-state index is -3.83. The van der Waals surface area contributed by atoms with Crippen molar-refractivity contribution in [2.45, 2.75) is 23.8 Å². The number of nitrogens with zero attached hydrogens (tertiary/aromatic N) is 1. The van der Waals surface area contributed by atoms with Crippen LogP contribution in [-0.2, 0) is 14.8 Å². The molecule has 1 unspecified atom stereocenters. The van der Waals surface area contributed by atoms with Crippen LogP contribution in [0.5, 0.6) is 0 Å². The number of amides is 1. The van der Waals surface area contributed by atoms with E-state index in [1.165, 1.54) is 0 Å². The zero-order valence-electron chi connectivity index (χ0n) is 10.4. The molecule has 1 fully saturated rings. The van der Waals surface area contributed by atoms with E-state index >= 15 is 0 Å². The fraction of sp³-hybridized carbons (Fsp3) is 0.333. The number of hydrogen-bond donors (Lipinski definition) is 2. The Labute approximate surface area is 115 Å². The van der Waals surface area contributed by atoms with Crippen LogP contribution in [0, 0.1) is 17.1 Å². The second kappa shape index (κ2) is 5.56. The van der Waals surface area contributed by atoms with Gasteiger partial charge in [-0.2, -0.15) is 5.26 Å². The Kier molecular flexibility index (Phi) is 4.01. The Morgan fingerprint density at radius 2 is 2.25 bits per heavy atom. The number of carbonyl (C=O) groups excluding carboxylic acids is 1. The Bertz CT molecular complexity index is 682. The van der Waals surface area contributed by atoms with Crippen LogP contribution in [0.15, 0.2) is 23.1 Å². The maximum absolute atomic E-state index is 13.1. The van der Waals surface area contributed by atoms with Gasteiger partial charge in [0.05, 0.1) is 10.5 Å².